The molecule has 8 heteroatoms. The molecule has 0 fully saturated rings. The first-order valence-corrected chi connectivity index (χ1v) is 8.92. The highest BCUT2D eigenvalue weighted by atomic mass is 16.6. The van der Waals surface area contributed by atoms with E-state index in [1.165, 1.54) is 6.42 Å². The molecule has 1 aliphatic rings. The number of carbonyl (C=O) groups is 2. The first kappa shape index (κ1) is 16.8. The second-order valence-corrected chi connectivity index (χ2v) is 6.10. The maximum Gasteiger partial charge on any atom is 0.438 e. The second-order valence-electron chi connectivity index (χ2n) is 6.10. The van der Waals surface area contributed by atoms with Gasteiger partial charge in [-0.15, -0.1) is 5.06 Å². The summed E-state index contributed by atoms with van der Waals surface area (Å²) in [5.74, 6) is -1.51. The number of nitrogens with zero attached hydrogens (tertiary/aromatic N) is 3. The fourth-order valence-corrected chi connectivity index (χ4v) is 2.55. The molecule has 0 aromatic heterocycles. The zero-order valence-electron chi connectivity index (χ0n) is 17.7. The highest BCUT2D eigenvalue weighted by molar-refractivity contribution is 5.98. The zero-order chi connectivity index (χ0) is 21.0. The van der Waals surface area contributed by atoms with Crippen LogP contribution in [0.4, 0.5) is 4.79 Å². The number of hydrogen-bond donors (Lipinski definition) is 2. The molecule has 0 aromatic rings. The number of guanidine groups is 1. The third-order valence-corrected chi connectivity index (χ3v) is 3.98. The maximum absolute atomic E-state index is 12.1. The van der Waals surface area contributed by atoms with Crippen molar-refractivity contribution in [1.29, 1.82) is 0 Å². The van der Waals surface area contributed by atoms with Gasteiger partial charge in [-0.3, -0.25) is 10.0 Å². The minimum Gasteiger partial charge on any atom is -0.463 e. The van der Waals surface area contributed by atoms with Gasteiger partial charge in [0.15, 0.2) is 0 Å². The van der Waals surface area contributed by atoms with Gasteiger partial charge in [-0.25, -0.2) is 4.79 Å². The van der Waals surface area contributed by atoms with Crippen LogP contribution in [0, 0.1) is 0 Å². The Morgan fingerprint density at radius 2 is 1.72 bits per heavy atom. The number of aliphatic imine (C=N–C) groups is 1. The van der Waals surface area contributed by atoms with E-state index in [-0.39, 0.29) is 24.6 Å². The van der Waals surface area contributed by atoms with Crippen LogP contribution in [-0.4, -0.2) is 65.0 Å². The molecule has 0 spiro atoms. The molecule has 0 unspecified atom stereocenters. The molecule has 25 heavy (non-hydrogen) atoms. The molecule has 2 N–H and O–H groups in total. The zero-order valence-corrected chi connectivity index (χ0v) is 14.7. The van der Waals surface area contributed by atoms with E-state index in [1.807, 2.05) is 0 Å². The minimum atomic E-state index is -2.81. The molecule has 0 aliphatic carbocycles. The van der Waals surface area contributed by atoms with Gasteiger partial charge in [-0.05, 0) is 12.8 Å². The van der Waals surface area contributed by atoms with Gasteiger partial charge < -0.3 is 14.7 Å². The van der Waals surface area contributed by atoms with E-state index < -0.39 is 24.9 Å². The van der Waals surface area contributed by atoms with Crippen LogP contribution >= 0.6 is 0 Å². The molecule has 2 amide bonds. The largest absolute Gasteiger partial charge is 0.463 e. The number of likely N-dealkylation sites (N-methyl/N-ethyl adjacent to an activating group) is 1. The number of carbonyl (C=O) groups excluding carboxylic acids is 1. The lowest BCUT2D eigenvalue weighted by Gasteiger charge is -2.24. The van der Waals surface area contributed by atoms with Gasteiger partial charge in [0, 0.05) is 30.7 Å². The number of amides is 2. The topological polar surface area (TPSA) is 103 Å². The Bertz CT molecular complexity index is 529. The number of carboxylic acid groups (broad SMARTS) is 1. The first-order valence-electron chi connectivity index (χ1n) is 10.4. The predicted molar refractivity (Wildman–Crippen MR) is 93.7 cm³/mol. The molecule has 0 aromatic carbocycles. The minimum absolute atomic E-state index is 0.000933. The lowest BCUT2D eigenvalue weighted by Crippen LogP contribution is -2.45. The van der Waals surface area contributed by atoms with Gasteiger partial charge >= 0.3 is 6.09 Å². The average molecular weight is 360 g/mol. The Labute approximate surface area is 153 Å². The number of hydrogen-bond acceptors (Lipinski definition) is 5. The summed E-state index contributed by atoms with van der Waals surface area (Å²) in [6, 6.07) is 0. The van der Waals surface area contributed by atoms with Crippen LogP contribution in [0.15, 0.2) is 4.99 Å². The van der Waals surface area contributed by atoms with Crippen LogP contribution in [-0.2, 0) is 9.53 Å². The summed E-state index contributed by atoms with van der Waals surface area (Å²) in [5.41, 5.74) is 0. The fourth-order valence-electron chi connectivity index (χ4n) is 2.55. The number of rotatable bonds is 0. The van der Waals surface area contributed by atoms with Crippen LogP contribution in [0.5, 0.6) is 0 Å². The summed E-state index contributed by atoms with van der Waals surface area (Å²) >= 11 is 0. The van der Waals surface area contributed by atoms with Gasteiger partial charge in [0.2, 0.25) is 11.9 Å². The summed E-state index contributed by atoms with van der Waals surface area (Å²) < 4.78 is 28.3. The van der Waals surface area contributed by atoms with Crippen molar-refractivity contribution in [2.24, 2.45) is 4.99 Å². The Morgan fingerprint density at radius 1 is 1.12 bits per heavy atom. The quantitative estimate of drug-likeness (QED) is 0.508. The van der Waals surface area contributed by atoms with E-state index >= 15 is 0 Å². The summed E-state index contributed by atoms with van der Waals surface area (Å²) in [6.07, 6.45) is 7.07. The Morgan fingerprint density at radius 3 is 2.32 bits per heavy atom. The molecule has 0 saturated heterocycles. The number of ether oxygens (including phenoxy) is 1. The fraction of sp³-hybridized carbons (Fsp3) is 0.824. The van der Waals surface area contributed by atoms with E-state index in [2.05, 4.69) is 4.99 Å². The van der Waals surface area contributed by atoms with Gasteiger partial charge in [0.25, 0.3) is 0 Å². The van der Waals surface area contributed by atoms with Crippen molar-refractivity contribution in [2.45, 2.75) is 64.2 Å². The molecule has 0 saturated carbocycles. The monoisotopic (exact) mass is 360 g/mol. The molecule has 0 radical (unpaired) electrons. The Balaban J connectivity index is 2.96. The van der Waals surface area contributed by atoms with E-state index in [1.54, 1.807) is 0 Å². The van der Waals surface area contributed by atoms with Crippen LogP contribution in [0.2, 0.25) is 0 Å². The van der Waals surface area contributed by atoms with E-state index in [9.17, 15) is 14.8 Å². The third kappa shape index (κ3) is 9.40. The van der Waals surface area contributed by atoms with Crippen molar-refractivity contribution in [3.63, 3.8) is 0 Å². The lowest BCUT2D eigenvalue weighted by atomic mass is 10.1. The van der Waals surface area contributed by atoms with Crippen molar-refractivity contribution in [3.8, 4) is 0 Å². The predicted octanol–water partition coefficient (Wildman–Crippen LogP) is 3.10. The van der Waals surface area contributed by atoms with E-state index in [4.69, 9.17) is 14.0 Å². The second kappa shape index (κ2) is 12.7. The summed E-state index contributed by atoms with van der Waals surface area (Å²) in [5, 5.41) is 18.5. The molecular formula is C17H31N3O5. The van der Waals surface area contributed by atoms with Gasteiger partial charge in [0.1, 0.15) is 0 Å². The molecule has 1 rings (SSSR count). The van der Waals surface area contributed by atoms with Crippen LogP contribution < -0.4 is 0 Å². The van der Waals surface area contributed by atoms with Crippen molar-refractivity contribution in [2.75, 3.05) is 26.7 Å². The molecule has 0 atom stereocenters. The van der Waals surface area contributed by atoms with Gasteiger partial charge in [-0.1, -0.05) is 44.9 Å². The van der Waals surface area contributed by atoms with Crippen molar-refractivity contribution >= 4 is 18.0 Å². The molecule has 8 nitrogen and oxygen atoms in total. The molecule has 0 bridgehead atoms. The normalized spacial score (nSPS) is 22.6. The standard InChI is InChI=1S/C17H31N3O5/c1-19-12-14-25-13-10-8-6-4-2-3-5-7-9-11-15(21)18-16(19)20(24)17(22)23/h24H,2-14H2,1H3,(H,22,23)/i1D3. The van der Waals surface area contributed by atoms with Crippen molar-refractivity contribution in [3.05, 3.63) is 0 Å². The lowest BCUT2D eigenvalue weighted by molar-refractivity contribution is -0.118. The summed E-state index contributed by atoms with van der Waals surface area (Å²) in [6.45, 7) is -2.59. The van der Waals surface area contributed by atoms with Gasteiger partial charge in [-0.2, -0.15) is 4.99 Å². The number of hydroxylamine groups is 2. The van der Waals surface area contributed by atoms with E-state index in [0.717, 1.165) is 44.9 Å². The smallest absolute Gasteiger partial charge is 0.438 e. The average Bonchev–Trinajstić information content (AvgIpc) is 2.61. The van der Waals surface area contributed by atoms with Crippen molar-refractivity contribution in [1.82, 2.24) is 9.96 Å². The van der Waals surface area contributed by atoms with Crippen LogP contribution in [0.1, 0.15) is 68.3 Å². The third-order valence-electron chi connectivity index (χ3n) is 3.98. The highest BCUT2D eigenvalue weighted by Crippen LogP contribution is 2.11. The molecular weight excluding hydrogens is 326 g/mol. The molecule has 1 heterocycles. The van der Waals surface area contributed by atoms with E-state index in [0.29, 0.717) is 17.9 Å². The summed E-state index contributed by atoms with van der Waals surface area (Å²) in [7, 11) is 0. The maximum atomic E-state index is 12.1. The SMILES string of the molecule is [2H]C([2H])([2H])N1CCOCCCCCCCCCCCC(=O)N=C1N(O)C(=O)O. The Kier molecular flexibility index (Phi) is 8.50. The van der Waals surface area contributed by atoms with Gasteiger partial charge in [0.05, 0.1) is 6.61 Å². The van der Waals surface area contributed by atoms with Crippen LogP contribution in [0.25, 0.3) is 0 Å². The molecule has 144 valence electrons. The highest BCUT2D eigenvalue weighted by Gasteiger charge is 2.21. The Hall–Kier alpha value is -1.67. The molecule has 1 aliphatic heterocycles. The summed E-state index contributed by atoms with van der Waals surface area (Å²) in [4.78, 5) is 27.5. The first-order chi connectivity index (χ1) is 13.2. The van der Waals surface area contributed by atoms with Crippen LogP contribution in [0.3, 0.4) is 0 Å². The van der Waals surface area contributed by atoms with Crippen molar-refractivity contribution < 1.29 is 28.8 Å².